The first kappa shape index (κ1) is 24.2. The number of aliphatic hydroxyl groups is 1. The van der Waals surface area contributed by atoms with E-state index in [4.69, 9.17) is 4.98 Å². The van der Waals surface area contributed by atoms with Crippen LogP contribution in [0, 0.1) is 0 Å². The summed E-state index contributed by atoms with van der Waals surface area (Å²) in [6.45, 7) is 7.89. The monoisotopic (exact) mass is 575 g/mol. The normalized spacial score (nSPS) is 17.8. The molecule has 1 aliphatic rings. The Kier molecular flexibility index (Phi) is 8.06. The molecule has 4 rings (SSSR count). The number of likely N-dealkylation sites (tertiary alicyclic amines) is 1. The number of nitrogens with zero attached hydrogens (tertiary/aromatic N) is 3. The predicted octanol–water partition coefficient (Wildman–Crippen LogP) is 6.95. The lowest BCUT2D eigenvalue weighted by atomic mass is 10.0. The van der Waals surface area contributed by atoms with Gasteiger partial charge in [0.05, 0.1) is 6.10 Å². The number of rotatable bonds is 7. The highest BCUT2D eigenvalue weighted by Crippen LogP contribution is 2.34. The number of β-amino-alcohol motifs (C(OH)–C–C–N with tert-alkyl or cyclic N) is 1. The maximum atomic E-state index is 13.2. The highest BCUT2D eigenvalue weighted by Gasteiger charge is 2.18. The summed E-state index contributed by atoms with van der Waals surface area (Å²) in [7, 11) is 1.55. The van der Waals surface area contributed by atoms with Gasteiger partial charge in [0.2, 0.25) is 0 Å². The van der Waals surface area contributed by atoms with Crippen LogP contribution in [-0.4, -0.2) is 38.2 Å². The second-order valence-corrected chi connectivity index (χ2v) is 10.00. The van der Waals surface area contributed by atoms with Crippen molar-refractivity contribution < 1.29 is 9.50 Å². The molecule has 1 fully saturated rings. The minimum atomic E-state index is -0.473. The number of hydrogen-bond donors (Lipinski definition) is 1. The molecule has 1 saturated heterocycles. The molecule has 1 N–H and O–H groups in total. The van der Waals surface area contributed by atoms with E-state index in [9.17, 15) is 9.50 Å². The molecule has 3 aromatic rings. The molecule has 1 atom stereocenters. The Morgan fingerprint density at radius 1 is 1.30 bits per heavy atom. The Labute approximate surface area is 210 Å². The van der Waals surface area contributed by atoms with Gasteiger partial charge in [-0.05, 0) is 55.2 Å². The number of benzene rings is 1. The quantitative estimate of drug-likeness (QED) is 0.245. The molecule has 33 heavy (non-hydrogen) atoms. The third-order valence-electron chi connectivity index (χ3n) is 5.93. The number of aromatic nitrogens is 2. The zero-order chi connectivity index (χ0) is 23.4. The van der Waals surface area contributed by atoms with Gasteiger partial charge in [-0.15, -0.1) is 0 Å². The summed E-state index contributed by atoms with van der Waals surface area (Å²) in [4.78, 5) is 7.05. The highest BCUT2D eigenvalue weighted by molar-refractivity contribution is 14.2. The molecule has 0 spiro atoms. The molecule has 1 aliphatic heterocycles. The third kappa shape index (κ3) is 5.77. The predicted molar refractivity (Wildman–Crippen MR) is 146 cm³/mol. The molecule has 1 unspecified atom stereocenters. The van der Waals surface area contributed by atoms with E-state index in [1.807, 2.05) is 29.4 Å². The van der Waals surface area contributed by atoms with Crippen LogP contribution in [0.5, 0.6) is 0 Å². The number of halogens is 2. The number of pyridine rings is 1. The average Bonchev–Trinajstić information content (AvgIpc) is 3.18. The van der Waals surface area contributed by atoms with Crippen molar-refractivity contribution in [1.29, 1.82) is 0 Å². The van der Waals surface area contributed by atoms with Gasteiger partial charge in [-0.25, -0.2) is 9.37 Å². The molecule has 0 amide bonds. The van der Waals surface area contributed by atoms with Crippen molar-refractivity contribution in [3.8, 4) is 11.1 Å². The van der Waals surface area contributed by atoms with Gasteiger partial charge in [0, 0.05) is 72.3 Å². The molecule has 0 aliphatic carbocycles. The SMILES string of the molecule is C=C(F)/C=C\C(=C/C)c1cn(SI)c2ncc(-c3ccc(CN4CCCC(O)C4)cc3)cc12. The topological polar surface area (TPSA) is 41.3 Å². The third-order valence-corrected chi connectivity index (χ3v) is 7.63. The average molecular weight is 575 g/mol. The van der Waals surface area contributed by atoms with Gasteiger partial charge in [-0.1, -0.05) is 43.0 Å². The first-order valence-corrected chi connectivity index (χ1v) is 14.3. The molecule has 0 bridgehead atoms. The van der Waals surface area contributed by atoms with E-state index in [2.05, 4.69) is 63.0 Å². The van der Waals surface area contributed by atoms with Crippen LogP contribution >= 0.6 is 30.3 Å². The van der Waals surface area contributed by atoms with E-state index in [1.54, 1.807) is 15.2 Å². The molecule has 0 saturated carbocycles. The van der Waals surface area contributed by atoms with Crippen molar-refractivity contribution in [3.63, 3.8) is 0 Å². The Hall–Kier alpha value is -1.94. The smallest absolute Gasteiger partial charge is 0.151 e. The summed E-state index contributed by atoms with van der Waals surface area (Å²) in [5, 5.41) is 10.9. The standard InChI is InChI=1S/C26H27FIN3OS/c1-3-20(9-6-18(2)27)25-17-31(33-28)26-24(25)13-22(14-29-26)21-10-7-19(8-11-21)15-30-12-4-5-23(32)16-30/h3,6-11,13-14,17,23,32H,2,4-5,12,15-16H2,1H3/b9-6-,20-3+. The number of piperidine rings is 1. The van der Waals surface area contributed by atoms with E-state index >= 15 is 0 Å². The first-order valence-electron chi connectivity index (χ1n) is 11.0. The summed E-state index contributed by atoms with van der Waals surface area (Å²) >= 11 is 2.24. The fourth-order valence-electron chi connectivity index (χ4n) is 4.28. The van der Waals surface area contributed by atoms with Crippen molar-refractivity contribution in [2.75, 3.05) is 13.1 Å². The Balaban J connectivity index is 1.64. The lowest BCUT2D eigenvalue weighted by Gasteiger charge is -2.29. The molecule has 3 heterocycles. The summed E-state index contributed by atoms with van der Waals surface area (Å²) in [6, 6.07) is 10.7. The van der Waals surface area contributed by atoms with Gasteiger partial charge in [0.25, 0.3) is 0 Å². The van der Waals surface area contributed by atoms with Crippen LogP contribution in [0.25, 0.3) is 27.7 Å². The molecule has 4 nitrogen and oxygen atoms in total. The van der Waals surface area contributed by atoms with Crippen molar-refractivity contribution >= 4 is 46.9 Å². The van der Waals surface area contributed by atoms with Crippen molar-refractivity contribution in [2.45, 2.75) is 32.4 Å². The summed E-state index contributed by atoms with van der Waals surface area (Å²) < 4.78 is 15.3. The van der Waals surface area contributed by atoms with Crippen molar-refractivity contribution in [2.24, 2.45) is 0 Å². The Bertz CT molecular complexity index is 1200. The van der Waals surface area contributed by atoms with Crippen LogP contribution in [0.1, 0.15) is 30.9 Å². The Morgan fingerprint density at radius 3 is 2.76 bits per heavy atom. The molecular formula is C26H27FIN3OS. The van der Waals surface area contributed by atoms with Crippen LogP contribution in [0.4, 0.5) is 4.39 Å². The summed E-state index contributed by atoms with van der Waals surface area (Å²) in [5.41, 5.74) is 6.17. The summed E-state index contributed by atoms with van der Waals surface area (Å²) in [6.07, 6.45) is 10.8. The number of hydrogen-bond acceptors (Lipinski definition) is 4. The van der Waals surface area contributed by atoms with E-state index in [0.717, 1.165) is 65.8 Å². The second-order valence-electron chi connectivity index (χ2n) is 8.29. The zero-order valence-corrected chi connectivity index (χ0v) is 21.5. The zero-order valence-electron chi connectivity index (χ0n) is 18.5. The number of aliphatic hydroxyl groups excluding tert-OH is 1. The molecule has 7 heteroatoms. The van der Waals surface area contributed by atoms with E-state index < -0.39 is 5.83 Å². The maximum Gasteiger partial charge on any atom is 0.151 e. The fourth-order valence-corrected chi connectivity index (χ4v) is 5.53. The molecule has 0 radical (unpaired) electrons. The van der Waals surface area contributed by atoms with E-state index in [1.165, 1.54) is 11.6 Å². The maximum absolute atomic E-state index is 13.2. The van der Waals surface area contributed by atoms with Gasteiger partial charge in [-0.3, -0.25) is 8.87 Å². The highest BCUT2D eigenvalue weighted by atomic mass is 127. The van der Waals surface area contributed by atoms with Crippen molar-refractivity contribution in [3.05, 3.63) is 84.5 Å². The largest absolute Gasteiger partial charge is 0.392 e. The van der Waals surface area contributed by atoms with Crippen LogP contribution in [0.3, 0.4) is 0 Å². The molecule has 172 valence electrons. The molecule has 1 aromatic carbocycles. The molecular weight excluding hydrogens is 548 g/mol. The minimum Gasteiger partial charge on any atom is -0.392 e. The fraction of sp³-hybridized carbons (Fsp3) is 0.269. The van der Waals surface area contributed by atoms with E-state index in [-0.39, 0.29) is 6.10 Å². The van der Waals surface area contributed by atoms with Gasteiger partial charge < -0.3 is 5.11 Å². The summed E-state index contributed by atoms with van der Waals surface area (Å²) in [5.74, 6) is -0.473. The van der Waals surface area contributed by atoms with Crippen LogP contribution in [0.15, 0.2) is 73.4 Å². The van der Waals surface area contributed by atoms with Gasteiger partial charge in [0.15, 0.2) is 5.65 Å². The Morgan fingerprint density at radius 2 is 2.09 bits per heavy atom. The van der Waals surface area contributed by atoms with Gasteiger partial charge >= 0.3 is 0 Å². The van der Waals surface area contributed by atoms with Crippen LogP contribution in [0.2, 0.25) is 0 Å². The molecule has 2 aromatic heterocycles. The lowest BCUT2D eigenvalue weighted by molar-refractivity contribution is 0.0668. The van der Waals surface area contributed by atoms with Crippen LogP contribution < -0.4 is 0 Å². The first-order chi connectivity index (χ1) is 16.0. The minimum absolute atomic E-state index is 0.210. The van der Waals surface area contributed by atoms with E-state index in [0.29, 0.717) is 0 Å². The number of allylic oxidation sites excluding steroid dienone is 5. The van der Waals surface area contributed by atoms with Crippen LogP contribution in [-0.2, 0) is 6.54 Å². The van der Waals surface area contributed by atoms with Crippen molar-refractivity contribution in [1.82, 2.24) is 13.9 Å². The van der Waals surface area contributed by atoms with Gasteiger partial charge in [0.1, 0.15) is 5.83 Å². The van der Waals surface area contributed by atoms with Gasteiger partial charge in [-0.2, -0.15) is 0 Å². The second kappa shape index (κ2) is 11.0. The number of fused-ring (bicyclic) bond motifs is 1. The lowest BCUT2D eigenvalue weighted by Crippen LogP contribution is -2.37.